The minimum atomic E-state index is -0.461. The van der Waals surface area contributed by atoms with Gasteiger partial charge in [-0.15, -0.1) is 0 Å². The molecule has 3 heterocycles. The fourth-order valence-corrected chi connectivity index (χ4v) is 3.51. The second-order valence-corrected chi connectivity index (χ2v) is 7.83. The second-order valence-electron chi connectivity index (χ2n) is 7.42. The van der Waals surface area contributed by atoms with Crippen molar-refractivity contribution in [3.8, 4) is 11.4 Å². The van der Waals surface area contributed by atoms with Gasteiger partial charge in [0.15, 0.2) is 0 Å². The number of halogens is 2. The number of anilines is 1. The highest BCUT2D eigenvalue weighted by molar-refractivity contribution is 6.33. The Kier molecular flexibility index (Phi) is 5.67. The molecular weight excluding hydrogens is 409 g/mol. The van der Waals surface area contributed by atoms with Crippen LogP contribution in [0.1, 0.15) is 36.0 Å². The first-order valence-corrected chi connectivity index (χ1v) is 10.1. The summed E-state index contributed by atoms with van der Waals surface area (Å²) in [5.74, 6) is 1.44. The van der Waals surface area contributed by atoms with E-state index in [4.69, 9.17) is 16.1 Å². The third kappa shape index (κ3) is 4.14. The molecule has 30 heavy (non-hydrogen) atoms. The number of nitrogens with zero attached hydrogens (tertiary/aromatic N) is 5. The summed E-state index contributed by atoms with van der Waals surface area (Å²) in [6.07, 6.45) is 1.72. The van der Waals surface area contributed by atoms with Crippen molar-refractivity contribution >= 4 is 23.3 Å². The van der Waals surface area contributed by atoms with Crippen molar-refractivity contribution in [3.63, 3.8) is 0 Å². The monoisotopic (exact) mass is 429 g/mol. The van der Waals surface area contributed by atoms with Crippen LogP contribution in [0, 0.1) is 5.82 Å². The molecule has 0 saturated carbocycles. The molecule has 7 nitrogen and oxygen atoms in total. The van der Waals surface area contributed by atoms with Gasteiger partial charge in [0.25, 0.3) is 5.91 Å². The third-order valence-electron chi connectivity index (χ3n) is 4.99. The van der Waals surface area contributed by atoms with Gasteiger partial charge in [-0.25, -0.2) is 9.37 Å². The highest BCUT2D eigenvalue weighted by atomic mass is 35.5. The molecule has 0 spiro atoms. The molecule has 0 atom stereocenters. The topological polar surface area (TPSA) is 75.4 Å². The van der Waals surface area contributed by atoms with Gasteiger partial charge in [0.1, 0.15) is 11.6 Å². The average Bonchev–Trinajstić information content (AvgIpc) is 3.24. The Hall–Kier alpha value is -3.00. The molecule has 1 aliphatic rings. The van der Waals surface area contributed by atoms with E-state index in [1.165, 1.54) is 12.1 Å². The first kappa shape index (κ1) is 20.3. The normalized spacial score (nSPS) is 14.4. The Labute approximate surface area is 178 Å². The lowest BCUT2D eigenvalue weighted by molar-refractivity contribution is 0.0746. The Balaban J connectivity index is 1.39. The zero-order valence-corrected chi connectivity index (χ0v) is 17.4. The number of benzene rings is 1. The van der Waals surface area contributed by atoms with Crippen molar-refractivity contribution in [2.45, 2.75) is 19.8 Å². The number of aromatic nitrogens is 3. The molecule has 3 aromatic rings. The van der Waals surface area contributed by atoms with Gasteiger partial charge < -0.3 is 14.3 Å². The number of hydrogen-bond acceptors (Lipinski definition) is 6. The van der Waals surface area contributed by atoms with Crippen molar-refractivity contribution < 1.29 is 13.7 Å². The summed E-state index contributed by atoms with van der Waals surface area (Å²) in [6.45, 7) is 6.31. The summed E-state index contributed by atoms with van der Waals surface area (Å²) in [5, 5.41) is 4.13. The Bertz CT molecular complexity index is 1050. The quantitative estimate of drug-likeness (QED) is 0.623. The van der Waals surface area contributed by atoms with Gasteiger partial charge in [-0.2, -0.15) is 4.98 Å². The van der Waals surface area contributed by atoms with Gasteiger partial charge in [-0.1, -0.05) is 30.6 Å². The minimum absolute atomic E-state index is 0.127. The van der Waals surface area contributed by atoms with Crippen LogP contribution in [0.25, 0.3) is 11.4 Å². The van der Waals surface area contributed by atoms with E-state index in [9.17, 15) is 9.18 Å². The second kappa shape index (κ2) is 8.39. The molecule has 2 aromatic heterocycles. The van der Waals surface area contributed by atoms with E-state index in [1.54, 1.807) is 11.1 Å². The van der Waals surface area contributed by atoms with Crippen LogP contribution in [0.5, 0.6) is 0 Å². The molecule has 1 aromatic carbocycles. The molecular formula is C21H21ClFN5O2. The van der Waals surface area contributed by atoms with Crippen LogP contribution in [-0.2, 0) is 0 Å². The highest BCUT2D eigenvalue weighted by Gasteiger charge is 2.24. The van der Waals surface area contributed by atoms with E-state index >= 15 is 0 Å². The summed E-state index contributed by atoms with van der Waals surface area (Å²) in [4.78, 5) is 25.4. The van der Waals surface area contributed by atoms with Crippen LogP contribution in [0.2, 0.25) is 5.02 Å². The van der Waals surface area contributed by atoms with E-state index in [1.807, 2.05) is 26.0 Å². The molecule has 0 aliphatic carbocycles. The predicted octanol–water partition coefficient (Wildman–Crippen LogP) is 4.01. The number of rotatable bonds is 4. The maximum atomic E-state index is 13.2. The molecule has 0 N–H and O–H groups in total. The first-order chi connectivity index (χ1) is 14.4. The van der Waals surface area contributed by atoms with E-state index in [2.05, 4.69) is 20.0 Å². The fraction of sp³-hybridized carbons (Fsp3) is 0.333. The number of carbonyl (C=O) groups excluding carboxylic acids is 1. The van der Waals surface area contributed by atoms with Gasteiger partial charge in [-0.05, 0) is 30.3 Å². The first-order valence-electron chi connectivity index (χ1n) is 9.71. The van der Waals surface area contributed by atoms with E-state index in [-0.39, 0.29) is 16.8 Å². The molecule has 1 fully saturated rings. The van der Waals surface area contributed by atoms with Gasteiger partial charge in [0.05, 0.1) is 10.6 Å². The summed E-state index contributed by atoms with van der Waals surface area (Å²) in [7, 11) is 0. The highest BCUT2D eigenvalue weighted by Crippen LogP contribution is 2.23. The molecule has 0 unspecified atom stereocenters. The van der Waals surface area contributed by atoms with Crippen LogP contribution >= 0.6 is 11.6 Å². The van der Waals surface area contributed by atoms with Crippen molar-refractivity contribution in [2.75, 3.05) is 31.1 Å². The fourth-order valence-electron chi connectivity index (χ4n) is 3.26. The maximum Gasteiger partial charge on any atom is 0.255 e. The van der Waals surface area contributed by atoms with Gasteiger partial charge in [-0.3, -0.25) is 4.79 Å². The molecule has 9 heteroatoms. The van der Waals surface area contributed by atoms with Gasteiger partial charge in [0, 0.05) is 43.9 Å². The molecule has 4 rings (SSSR count). The average molecular weight is 430 g/mol. The van der Waals surface area contributed by atoms with E-state index in [0.717, 1.165) is 17.4 Å². The van der Waals surface area contributed by atoms with Crippen molar-refractivity contribution in [1.82, 2.24) is 20.0 Å². The number of hydrogen-bond donors (Lipinski definition) is 0. The molecule has 1 saturated heterocycles. The summed E-state index contributed by atoms with van der Waals surface area (Å²) in [6, 6.07) is 7.65. The van der Waals surface area contributed by atoms with Crippen LogP contribution in [0.4, 0.5) is 10.2 Å². The minimum Gasteiger partial charge on any atom is -0.353 e. The standard InChI is InChI=1S/C21H21ClFN5O2/c1-13(2)20-25-19(26-30-20)14-3-6-18(24-12-14)27-7-9-28(10-8-27)21(29)16-5-4-15(23)11-17(16)22/h3-6,11-13H,7-10H2,1-2H3. The lowest BCUT2D eigenvalue weighted by Crippen LogP contribution is -2.49. The maximum absolute atomic E-state index is 13.2. The lowest BCUT2D eigenvalue weighted by atomic mass is 10.1. The molecule has 0 radical (unpaired) electrons. The van der Waals surface area contributed by atoms with E-state index < -0.39 is 5.82 Å². The largest absolute Gasteiger partial charge is 0.353 e. The van der Waals surface area contributed by atoms with Crippen LogP contribution in [0.15, 0.2) is 41.1 Å². The summed E-state index contributed by atoms with van der Waals surface area (Å²) in [5.41, 5.74) is 1.10. The lowest BCUT2D eigenvalue weighted by Gasteiger charge is -2.35. The molecule has 156 valence electrons. The van der Waals surface area contributed by atoms with Crippen molar-refractivity contribution in [3.05, 3.63) is 58.8 Å². The number of pyridine rings is 1. The predicted molar refractivity (Wildman–Crippen MR) is 111 cm³/mol. The van der Waals surface area contributed by atoms with Crippen LogP contribution in [-0.4, -0.2) is 52.1 Å². The number of amides is 1. The molecule has 1 aliphatic heterocycles. The third-order valence-corrected chi connectivity index (χ3v) is 5.31. The smallest absolute Gasteiger partial charge is 0.255 e. The van der Waals surface area contributed by atoms with E-state index in [0.29, 0.717) is 43.5 Å². The SMILES string of the molecule is CC(C)c1nc(-c2ccc(N3CCN(C(=O)c4ccc(F)cc4Cl)CC3)nc2)no1. The van der Waals surface area contributed by atoms with Crippen molar-refractivity contribution in [1.29, 1.82) is 0 Å². The van der Waals surface area contributed by atoms with Crippen LogP contribution in [0.3, 0.4) is 0 Å². The number of carbonyl (C=O) groups is 1. The Morgan fingerprint density at radius 3 is 2.53 bits per heavy atom. The molecule has 0 bridgehead atoms. The van der Waals surface area contributed by atoms with Crippen molar-refractivity contribution in [2.24, 2.45) is 0 Å². The summed E-state index contributed by atoms with van der Waals surface area (Å²) >= 11 is 6.03. The van der Waals surface area contributed by atoms with Gasteiger partial charge in [0.2, 0.25) is 11.7 Å². The Morgan fingerprint density at radius 1 is 1.17 bits per heavy atom. The Morgan fingerprint density at radius 2 is 1.93 bits per heavy atom. The number of piperazine rings is 1. The zero-order chi connectivity index (χ0) is 21.3. The van der Waals surface area contributed by atoms with Gasteiger partial charge >= 0.3 is 0 Å². The summed E-state index contributed by atoms with van der Waals surface area (Å²) < 4.78 is 18.5. The molecule has 1 amide bonds. The van der Waals surface area contributed by atoms with Crippen LogP contribution < -0.4 is 4.90 Å². The zero-order valence-electron chi connectivity index (χ0n) is 16.7.